The molecule has 1 aliphatic heterocycles. The lowest BCUT2D eigenvalue weighted by Crippen LogP contribution is -2.55. The normalized spacial score (nSPS) is 22.7. The van der Waals surface area contributed by atoms with E-state index in [1.807, 2.05) is 6.07 Å². The number of aliphatic hydroxyl groups is 1. The second-order valence-corrected chi connectivity index (χ2v) is 11.8. The van der Waals surface area contributed by atoms with Crippen LogP contribution in [0.1, 0.15) is 48.3 Å². The van der Waals surface area contributed by atoms with Crippen LogP contribution in [0, 0.1) is 0 Å². The van der Waals surface area contributed by atoms with Gasteiger partial charge < -0.3 is 10.8 Å². The van der Waals surface area contributed by atoms with Crippen molar-refractivity contribution in [1.29, 1.82) is 0 Å². The Hall–Kier alpha value is -2.54. The average Bonchev–Trinajstić information content (AvgIpc) is 3.59. The molecule has 3 N–H and O–H groups in total. The lowest BCUT2D eigenvalue weighted by Gasteiger charge is -2.40. The third-order valence-corrected chi connectivity index (χ3v) is 9.26. The molecule has 4 rings (SSSR count). The van der Waals surface area contributed by atoms with Crippen molar-refractivity contribution in [2.24, 2.45) is 5.73 Å². The van der Waals surface area contributed by atoms with E-state index in [0.717, 1.165) is 42.7 Å². The third-order valence-electron chi connectivity index (χ3n) is 7.23. The Morgan fingerprint density at radius 2 is 1.83 bits per heavy atom. The molecule has 2 fully saturated rings. The number of benzene rings is 1. The van der Waals surface area contributed by atoms with Gasteiger partial charge in [-0.25, -0.2) is 8.42 Å². The summed E-state index contributed by atoms with van der Waals surface area (Å²) in [5, 5.41) is 9.84. The van der Waals surface area contributed by atoms with Gasteiger partial charge in [-0.3, -0.25) is 14.7 Å². The molecule has 0 bridgehead atoms. The van der Waals surface area contributed by atoms with Crippen LogP contribution in [-0.4, -0.2) is 72.0 Å². The number of piperazine rings is 1. The highest BCUT2D eigenvalue weighted by molar-refractivity contribution is 7.89. The van der Waals surface area contributed by atoms with Gasteiger partial charge in [-0.05, 0) is 62.1 Å². The maximum Gasteiger partial charge on any atom is 0.421 e. The fourth-order valence-electron chi connectivity index (χ4n) is 4.78. The lowest BCUT2D eigenvalue weighted by molar-refractivity contribution is -0.258. The Balaban J connectivity index is 1.45. The molecule has 2 atom stereocenters. The van der Waals surface area contributed by atoms with Crippen LogP contribution >= 0.6 is 0 Å². The fourth-order valence-corrected chi connectivity index (χ4v) is 6.39. The number of nitrogens with two attached hydrogens (primary N) is 1. The first-order valence-corrected chi connectivity index (χ1v) is 13.0. The molecule has 1 aromatic carbocycles. The van der Waals surface area contributed by atoms with Crippen LogP contribution in [0.5, 0.6) is 0 Å². The van der Waals surface area contributed by atoms with Crippen molar-refractivity contribution in [1.82, 2.24) is 14.2 Å². The molecule has 0 radical (unpaired) electrons. The molecular formula is C24H29F3N4O4S. The number of alkyl halides is 3. The fraction of sp³-hybridized carbons (Fsp3) is 0.500. The van der Waals surface area contributed by atoms with Gasteiger partial charge in [-0.2, -0.15) is 17.5 Å². The summed E-state index contributed by atoms with van der Waals surface area (Å²) in [6, 6.07) is 7.42. The third kappa shape index (κ3) is 4.86. The van der Waals surface area contributed by atoms with E-state index in [1.165, 1.54) is 4.31 Å². The Bertz CT molecular complexity index is 1240. The van der Waals surface area contributed by atoms with Crippen molar-refractivity contribution in [2.75, 3.05) is 26.2 Å². The zero-order valence-corrected chi connectivity index (χ0v) is 20.8. The van der Waals surface area contributed by atoms with Crippen LogP contribution in [0.2, 0.25) is 0 Å². The van der Waals surface area contributed by atoms with Gasteiger partial charge in [-0.15, -0.1) is 0 Å². The quantitative estimate of drug-likeness (QED) is 0.572. The van der Waals surface area contributed by atoms with Gasteiger partial charge in [0.1, 0.15) is 5.69 Å². The van der Waals surface area contributed by atoms with E-state index in [9.17, 15) is 31.5 Å². The molecule has 36 heavy (non-hydrogen) atoms. The van der Waals surface area contributed by atoms with Crippen molar-refractivity contribution in [3.8, 4) is 0 Å². The molecule has 0 spiro atoms. The number of primary amides is 1. The molecule has 2 heterocycles. The molecule has 1 saturated heterocycles. The van der Waals surface area contributed by atoms with Gasteiger partial charge >= 0.3 is 6.18 Å². The Morgan fingerprint density at radius 3 is 2.36 bits per heavy atom. The number of carbonyl (C=O) groups excluding carboxylic acids is 1. The second-order valence-electron chi connectivity index (χ2n) is 9.87. The zero-order chi connectivity index (χ0) is 26.5. The van der Waals surface area contributed by atoms with Crippen molar-refractivity contribution in [2.45, 2.75) is 54.8 Å². The average molecular weight is 527 g/mol. The number of aromatic nitrogens is 1. The summed E-state index contributed by atoms with van der Waals surface area (Å²) in [7, 11) is -3.94. The van der Waals surface area contributed by atoms with Gasteiger partial charge in [-0.1, -0.05) is 12.1 Å². The molecule has 1 amide bonds. The number of halogens is 3. The maximum absolute atomic E-state index is 13.3. The minimum atomic E-state index is -4.89. The van der Waals surface area contributed by atoms with E-state index in [4.69, 9.17) is 5.73 Å². The molecule has 196 valence electrons. The Morgan fingerprint density at radius 1 is 1.19 bits per heavy atom. The summed E-state index contributed by atoms with van der Waals surface area (Å²) in [5.74, 6) is -0.588. The summed E-state index contributed by atoms with van der Waals surface area (Å²) in [5.41, 5.74) is 2.93. The predicted molar refractivity (Wildman–Crippen MR) is 126 cm³/mol. The number of carbonyl (C=O) groups is 1. The van der Waals surface area contributed by atoms with Crippen LogP contribution < -0.4 is 5.73 Å². The molecule has 12 heteroatoms. The number of rotatable bonds is 7. The molecular weight excluding hydrogens is 497 g/mol. The molecule has 8 nitrogen and oxygen atoms in total. The minimum absolute atomic E-state index is 0.126. The molecule has 0 unspecified atom stereocenters. The van der Waals surface area contributed by atoms with Crippen LogP contribution in [0.3, 0.4) is 0 Å². The van der Waals surface area contributed by atoms with Crippen molar-refractivity contribution >= 4 is 15.9 Å². The first-order valence-electron chi connectivity index (χ1n) is 11.6. The Labute approximate surface area is 208 Å². The van der Waals surface area contributed by atoms with Crippen molar-refractivity contribution < 1.29 is 31.5 Å². The van der Waals surface area contributed by atoms with Gasteiger partial charge in [0.2, 0.25) is 10.0 Å². The first-order chi connectivity index (χ1) is 16.7. The van der Waals surface area contributed by atoms with Crippen molar-refractivity contribution in [3.05, 3.63) is 59.4 Å². The number of amides is 1. The predicted octanol–water partition coefficient (Wildman–Crippen LogP) is 2.38. The van der Waals surface area contributed by atoms with E-state index in [2.05, 4.69) is 9.88 Å². The van der Waals surface area contributed by atoms with Gasteiger partial charge in [0.15, 0.2) is 5.60 Å². The zero-order valence-electron chi connectivity index (χ0n) is 20.0. The topological polar surface area (TPSA) is 117 Å². The summed E-state index contributed by atoms with van der Waals surface area (Å²) < 4.78 is 67.2. The van der Waals surface area contributed by atoms with E-state index in [-0.39, 0.29) is 28.6 Å². The highest BCUT2D eigenvalue weighted by Gasteiger charge is 2.51. The van der Waals surface area contributed by atoms with E-state index < -0.39 is 33.3 Å². The maximum atomic E-state index is 13.3. The summed E-state index contributed by atoms with van der Waals surface area (Å²) >= 11 is 0. The van der Waals surface area contributed by atoms with Crippen LogP contribution in [0.25, 0.3) is 0 Å². The van der Waals surface area contributed by atoms with E-state index in [0.29, 0.717) is 26.6 Å². The lowest BCUT2D eigenvalue weighted by atomic mass is 9.95. The minimum Gasteiger partial charge on any atom is -0.376 e. The van der Waals surface area contributed by atoms with E-state index >= 15 is 0 Å². The monoisotopic (exact) mass is 526 g/mol. The van der Waals surface area contributed by atoms with Gasteiger partial charge in [0.05, 0.1) is 4.90 Å². The summed E-state index contributed by atoms with van der Waals surface area (Å²) in [6.07, 6.45) is -1.44. The van der Waals surface area contributed by atoms with Crippen LogP contribution in [-0.2, 0) is 21.0 Å². The summed E-state index contributed by atoms with van der Waals surface area (Å²) in [6.45, 7) is 4.32. The number of hydrogen-bond acceptors (Lipinski definition) is 6. The molecule has 1 aliphatic carbocycles. The van der Waals surface area contributed by atoms with Crippen molar-refractivity contribution in [3.63, 3.8) is 0 Å². The smallest absolute Gasteiger partial charge is 0.376 e. The number of nitrogens with zero attached hydrogens (tertiary/aromatic N) is 3. The highest BCUT2D eigenvalue weighted by atomic mass is 32.2. The highest BCUT2D eigenvalue weighted by Crippen LogP contribution is 2.49. The van der Waals surface area contributed by atoms with Gasteiger partial charge in [0, 0.05) is 43.8 Å². The van der Waals surface area contributed by atoms with Crippen LogP contribution in [0.4, 0.5) is 13.2 Å². The number of hydrogen-bond donors (Lipinski definition) is 2. The Kier molecular flexibility index (Phi) is 6.69. The second kappa shape index (κ2) is 9.09. The van der Waals surface area contributed by atoms with Crippen LogP contribution in [0.15, 0.2) is 47.5 Å². The molecule has 1 aromatic heterocycles. The molecule has 2 aromatic rings. The van der Waals surface area contributed by atoms with Gasteiger partial charge in [0.25, 0.3) is 5.91 Å². The summed E-state index contributed by atoms with van der Waals surface area (Å²) in [4.78, 5) is 17.6. The standard InChI is InChI=1S/C24H29F3N4O4S/c1-16-14-30(15-23(8-9-23)18-7-10-29-20(13-18)21(28)32)11-12-31(16)36(34,35)19-5-3-17(4-6-19)22(2,33)24(25,26)27/h3-7,10,13,16,33H,8-9,11-12,14-15H2,1-2H3,(H2,28,32)/t16-,22+/m1/s1. The number of pyridine rings is 1. The molecule has 1 saturated carbocycles. The number of sulfonamides is 1. The van der Waals surface area contributed by atoms with E-state index in [1.54, 1.807) is 19.2 Å². The largest absolute Gasteiger partial charge is 0.421 e. The SMILES string of the molecule is C[C@@H]1CN(CC2(c3ccnc(C(N)=O)c3)CC2)CCN1S(=O)(=O)c1ccc([C@](C)(O)C(F)(F)F)cc1. The molecule has 2 aliphatic rings. The first kappa shape index (κ1) is 26.5.